The minimum Gasteiger partial charge on any atom is -0.467 e. The highest BCUT2D eigenvalue weighted by atomic mass is 32.2. The first-order valence-electron chi connectivity index (χ1n) is 6.49. The van der Waals surface area contributed by atoms with Crippen LogP contribution < -0.4 is 5.32 Å². The third-order valence-electron chi connectivity index (χ3n) is 2.77. The Morgan fingerprint density at radius 1 is 1.36 bits per heavy atom. The lowest BCUT2D eigenvalue weighted by atomic mass is 10.1. The predicted octanol–water partition coefficient (Wildman–Crippen LogP) is 1.53. The molecule has 0 aliphatic heterocycles. The fraction of sp³-hybridized carbons (Fsp3) is 0.286. The molecule has 22 heavy (non-hydrogen) atoms. The lowest BCUT2D eigenvalue weighted by Crippen LogP contribution is -2.43. The lowest BCUT2D eigenvalue weighted by Gasteiger charge is -2.16. The highest BCUT2D eigenvalue weighted by molar-refractivity contribution is 8.01. The van der Waals surface area contributed by atoms with Crippen LogP contribution in [-0.2, 0) is 20.7 Å². The largest absolute Gasteiger partial charge is 0.467 e. The van der Waals surface area contributed by atoms with Crippen molar-refractivity contribution in [1.29, 1.82) is 0 Å². The second-order valence-corrected chi connectivity index (χ2v) is 6.38. The van der Waals surface area contributed by atoms with E-state index in [1.807, 2.05) is 30.3 Å². The summed E-state index contributed by atoms with van der Waals surface area (Å²) in [6.45, 7) is 0. The van der Waals surface area contributed by atoms with Gasteiger partial charge in [-0.05, 0) is 5.56 Å². The monoisotopic (exact) mass is 337 g/mol. The minimum atomic E-state index is -0.699. The van der Waals surface area contributed by atoms with Gasteiger partial charge < -0.3 is 10.1 Å². The van der Waals surface area contributed by atoms with Gasteiger partial charge in [-0.1, -0.05) is 53.4 Å². The molecule has 1 aromatic carbocycles. The van der Waals surface area contributed by atoms with Crippen molar-refractivity contribution in [2.45, 2.75) is 16.8 Å². The predicted molar refractivity (Wildman–Crippen MR) is 84.7 cm³/mol. The lowest BCUT2D eigenvalue weighted by molar-refractivity contribution is -0.144. The third kappa shape index (κ3) is 5.12. The molecule has 0 aliphatic rings. The van der Waals surface area contributed by atoms with E-state index in [-0.39, 0.29) is 11.7 Å². The number of esters is 1. The van der Waals surface area contributed by atoms with Crippen molar-refractivity contribution in [2.75, 3.05) is 12.9 Å². The highest BCUT2D eigenvalue weighted by Crippen LogP contribution is 2.18. The topological polar surface area (TPSA) is 81.2 Å². The third-order valence-corrected chi connectivity index (χ3v) is 4.63. The fourth-order valence-electron chi connectivity index (χ4n) is 1.77. The Bertz CT molecular complexity index is 605. The van der Waals surface area contributed by atoms with Crippen molar-refractivity contribution < 1.29 is 14.3 Å². The van der Waals surface area contributed by atoms with Gasteiger partial charge in [0.05, 0.1) is 12.9 Å². The van der Waals surface area contributed by atoms with Crippen LogP contribution in [-0.4, -0.2) is 41.0 Å². The van der Waals surface area contributed by atoms with E-state index in [0.717, 1.165) is 5.56 Å². The van der Waals surface area contributed by atoms with Crippen LogP contribution in [0.1, 0.15) is 5.56 Å². The van der Waals surface area contributed by atoms with Gasteiger partial charge in [0.25, 0.3) is 0 Å². The Balaban J connectivity index is 1.91. The van der Waals surface area contributed by atoms with Crippen LogP contribution >= 0.6 is 23.1 Å². The molecule has 0 radical (unpaired) electrons. The molecule has 1 heterocycles. The molecule has 0 spiro atoms. The quantitative estimate of drug-likeness (QED) is 0.609. The van der Waals surface area contributed by atoms with Gasteiger partial charge in [-0.2, -0.15) is 0 Å². The van der Waals surface area contributed by atoms with E-state index in [0.29, 0.717) is 10.8 Å². The number of rotatable bonds is 7. The summed E-state index contributed by atoms with van der Waals surface area (Å²) in [4.78, 5) is 23.8. The summed E-state index contributed by atoms with van der Waals surface area (Å²) >= 11 is 2.65. The first-order valence-corrected chi connectivity index (χ1v) is 8.35. The zero-order chi connectivity index (χ0) is 15.8. The van der Waals surface area contributed by atoms with Crippen LogP contribution in [0.15, 0.2) is 40.2 Å². The number of hydrogen-bond donors (Lipinski definition) is 1. The van der Waals surface area contributed by atoms with Crippen molar-refractivity contribution in [3.05, 3.63) is 41.4 Å². The van der Waals surface area contributed by atoms with Gasteiger partial charge in [-0.25, -0.2) is 4.79 Å². The molecule has 8 heteroatoms. The average molecular weight is 337 g/mol. The average Bonchev–Trinajstić information content (AvgIpc) is 3.06. The molecule has 0 saturated heterocycles. The van der Waals surface area contributed by atoms with Crippen molar-refractivity contribution in [1.82, 2.24) is 15.5 Å². The number of carbonyl (C=O) groups is 2. The second kappa shape index (κ2) is 8.50. The van der Waals surface area contributed by atoms with Crippen LogP contribution in [0, 0.1) is 0 Å². The zero-order valence-electron chi connectivity index (χ0n) is 11.9. The number of amides is 1. The second-order valence-electron chi connectivity index (χ2n) is 4.33. The number of carbonyl (C=O) groups excluding carboxylic acids is 2. The van der Waals surface area contributed by atoms with Crippen molar-refractivity contribution in [2.24, 2.45) is 0 Å². The van der Waals surface area contributed by atoms with Gasteiger partial charge in [0.1, 0.15) is 11.6 Å². The smallest absolute Gasteiger partial charge is 0.328 e. The number of nitrogens with zero attached hydrogens (tertiary/aromatic N) is 2. The summed E-state index contributed by atoms with van der Waals surface area (Å²) in [6.07, 6.45) is 0.392. The summed E-state index contributed by atoms with van der Waals surface area (Å²) in [5.74, 6) is -0.526. The molecule has 0 aliphatic carbocycles. The summed E-state index contributed by atoms with van der Waals surface area (Å²) in [6, 6.07) is 8.77. The SMILES string of the molecule is COC(=O)C(Cc1ccccc1)NC(=O)CSc1nncs1. The number of thioether (sulfide) groups is 1. The fourth-order valence-corrected chi connectivity index (χ4v) is 3.07. The molecule has 0 fully saturated rings. The van der Waals surface area contributed by atoms with Crippen molar-refractivity contribution in [3.8, 4) is 0 Å². The van der Waals surface area contributed by atoms with E-state index in [2.05, 4.69) is 15.5 Å². The van der Waals surface area contributed by atoms with Gasteiger partial charge in [-0.15, -0.1) is 10.2 Å². The van der Waals surface area contributed by atoms with Crippen LogP contribution in [0.3, 0.4) is 0 Å². The summed E-state index contributed by atoms with van der Waals surface area (Å²) in [5, 5.41) is 10.2. The Hall–Kier alpha value is -1.93. The molecule has 2 rings (SSSR count). The molecule has 6 nitrogen and oxygen atoms in total. The zero-order valence-corrected chi connectivity index (χ0v) is 13.5. The van der Waals surface area contributed by atoms with Crippen LogP contribution in [0.4, 0.5) is 0 Å². The minimum absolute atomic E-state index is 0.178. The van der Waals surface area contributed by atoms with E-state index >= 15 is 0 Å². The van der Waals surface area contributed by atoms with E-state index in [1.165, 1.54) is 30.2 Å². The van der Waals surface area contributed by atoms with E-state index < -0.39 is 12.0 Å². The number of methoxy groups -OCH3 is 1. The summed E-state index contributed by atoms with van der Waals surface area (Å²) in [5.41, 5.74) is 2.56. The number of aromatic nitrogens is 2. The van der Waals surface area contributed by atoms with Crippen LogP contribution in [0.25, 0.3) is 0 Å². The maximum atomic E-state index is 12.0. The normalized spacial score (nSPS) is 11.7. The van der Waals surface area contributed by atoms with E-state index in [9.17, 15) is 9.59 Å². The molecule has 1 aromatic heterocycles. The van der Waals surface area contributed by atoms with Gasteiger partial charge >= 0.3 is 5.97 Å². The van der Waals surface area contributed by atoms with Gasteiger partial charge in [-0.3, -0.25) is 4.79 Å². The van der Waals surface area contributed by atoms with Crippen LogP contribution in [0.2, 0.25) is 0 Å². The number of ether oxygens (including phenoxy) is 1. The molecule has 1 atom stereocenters. The molecule has 116 valence electrons. The van der Waals surface area contributed by atoms with Gasteiger partial charge in [0.15, 0.2) is 4.34 Å². The molecule has 0 saturated carbocycles. The molecule has 1 N–H and O–H groups in total. The molecular formula is C14H15N3O3S2. The van der Waals surface area contributed by atoms with E-state index in [4.69, 9.17) is 4.74 Å². The Morgan fingerprint density at radius 3 is 2.77 bits per heavy atom. The standard InChI is InChI=1S/C14H15N3O3S2/c1-20-13(19)11(7-10-5-3-2-4-6-10)16-12(18)8-21-14-17-15-9-22-14/h2-6,9,11H,7-8H2,1H3,(H,16,18). The number of benzene rings is 1. The molecule has 1 unspecified atom stereocenters. The molecule has 0 bridgehead atoms. The van der Waals surface area contributed by atoms with Gasteiger partial charge in [0.2, 0.25) is 5.91 Å². The summed E-state index contributed by atoms with van der Waals surface area (Å²) < 4.78 is 5.47. The first kappa shape index (κ1) is 16.4. The van der Waals surface area contributed by atoms with Crippen LogP contribution in [0.5, 0.6) is 0 Å². The molecule has 2 aromatic rings. The first-order chi connectivity index (χ1) is 10.7. The summed E-state index contributed by atoms with van der Waals surface area (Å²) in [7, 11) is 1.31. The number of hydrogen-bond acceptors (Lipinski definition) is 7. The molecule has 1 amide bonds. The Morgan fingerprint density at radius 2 is 2.14 bits per heavy atom. The molecular weight excluding hydrogens is 322 g/mol. The Labute approximate surface area is 136 Å². The number of nitrogens with one attached hydrogen (secondary N) is 1. The van der Waals surface area contributed by atoms with Crippen molar-refractivity contribution >= 4 is 35.0 Å². The maximum absolute atomic E-state index is 12.0. The van der Waals surface area contributed by atoms with E-state index in [1.54, 1.807) is 5.51 Å². The Kier molecular flexibility index (Phi) is 6.35. The van der Waals surface area contributed by atoms with Gasteiger partial charge in [0, 0.05) is 6.42 Å². The maximum Gasteiger partial charge on any atom is 0.328 e. The highest BCUT2D eigenvalue weighted by Gasteiger charge is 2.22. The van der Waals surface area contributed by atoms with Crippen molar-refractivity contribution in [3.63, 3.8) is 0 Å².